The summed E-state index contributed by atoms with van der Waals surface area (Å²) in [6.45, 7) is 8.87. The van der Waals surface area contributed by atoms with Crippen LogP contribution >= 0.6 is 0 Å². The maximum atomic E-state index is 13.3. The molecule has 0 saturated carbocycles. The summed E-state index contributed by atoms with van der Waals surface area (Å²) in [6.07, 6.45) is 65.7. The second kappa shape index (κ2) is 48.1. The molecule has 0 radical (unpaired) electrons. The average molecular weight is 756 g/mol. The van der Waals surface area contributed by atoms with Crippen molar-refractivity contribution >= 4 is 5.91 Å². The Bertz CT molecular complexity index is 713. The molecule has 0 N–H and O–H groups in total. The van der Waals surface area contributed by atoms with E-state index in [2.05, 4.69) is 50.0 Å². The Kier molecular flexibility index (Phi) is 47.2. The van der Waals surface area contributed by atoms with Crippen LogP contribution in [0.1, 0.15) is 290 Å². The summed E-state index contributed by atoms with van der Waals surface area (Å²) < 4.78 is 0. The molecule has 54 heavy (non-hydrogen) atoms. The predicted octanol–water partition coefficient (Wildman–Crippen LogP) is 18.4. The molecule has 320 valence electrons. The van der Waals surface area contributed by atoms with E-state index in [-0.39, 0.29) is 0 Å². The lowest BCUT2D eigenvalue weighted by molar-refractivity contribution is -0.131. The lowest BCUT2D eigenvalue weighted by Gasteiger charge is -2.23. The van der Waals surface area contributed by atoms with Gasteiger partial charge >= 0.3 is 0 Å². The molecule has 2 nitrogen and oxygen atoms in total. The van der Waals surface area contributed by atoms with Crippen molar-refractivity contribution in [1.29, 1.82) is 0 Å². The SMILES string of the molecule is CCCCCCCC/C=C\CCCCCCCCN(CCCCCCCC/C=C\CCCCCCCC)C(=O)CCCCCCCCCCCCCCC. The van der Waals surface area contributed by atoms with E-state index in [1.54, 1.807) is 0 Å². The summed E-state index contributed by atoms with van der Waals surface area (Å²) in [5, 5.41) is 0. The first-order valence-corrected chi connectivity index (χ1v) is 25.3. The number of hydrogen-bond donors (Lipinski definition) is 0. The second-order valence-corrected chi connectivity index (χ2v) is 17.2. The highest BCUT2D eigenvalue weighted by Crippen LogP contribution is 2.16. The summed E-state index contributed by atoms with van der Waals surface area (Å²) in [5.41, 5.74) is 0. The Balaban J connectivity index is 4.15. The van der Waals surface area contributed by atoms with Crippen molar-refractivity contribution in [1.82, 2.24) is 4.90 Å². The minimum atomic E-state index is 0.443. The van der Waals surface area contributed by atoms with Gasteiger partial charge in [0.1, 0.15) is 0 Å². The van der Waals surface area contributed by atoms with E-state index in [0.717, 1.165) is 25.9 Å². The molecule has 0 rings (SSSR count). The van der Waals surface area contributed by atoms with Crippen LogP contribution in [0, 0.1) is 0 Å². The first kappa shape index (κ1) is 53.0. The number of carbonyl (C=O) groups excluding carboxylic acids is 1. The zero-order valence-corrected chi connectivity index (χ0v) is 37.8. The fourth-order valence-electron chi connectivity index (χ4n) is 7.91. The first-order valence-electron chi connectivity index (χ1n) is 25.3. The van der Waals surface area contributed by atoms with Crippen LogP contribution < -0.4 is 0 Å². The summed E-state index contributed by atoms with van der Waals surface area (Å²) >= 11 is 0. The minimum Gasteiger partial charge on any atom is -0.343 e. The van der Waals surface area contributed by atoms with E-state index in [1.165, 1.54) is 257 Å². The fraction of sp³-hybridized carbons (Fsp3) is 0.904. The van der Waals surface area contributed by atoms with Crippen LogP contribution in [-0.2, 0) is 4.79 Å². The lowest BCUT2D eigenvalue weighted by Crippen LogP contribution is -2.32. The van der Waals surface area contributed by atoms with Crippen molar-refractivity contribution < 1.29 is 4.79 Å². The highest BCUT2D eigenvalue weighted by atomic mass is 16.2. The monoisotopic (exact) mass is 756 g/mol. The highest BCUT2D eigenvalue weighted by molar-refractivity contribution is 5.76. The number of allylic oxidation sites excluding steroid dienone is 4. The van der Waals surface area contributed by atoms with Crippen LogP contribution in [-0.4, -0.2) is 23.9 Å². The fourth-order valence-corrected chi connectivity index (χ4v) is 7.91. The topological polar surface area (TPSA) is 20.3 Å². The van der Waals surface area contributed by atoms with Gasteiger partial charge in [0.25, 0.3) is 0 Å². The highest BCUT2D eigenvalue weighted by Gasteiger charge is 2.12. The molecule has 0 heterocycles. The van der Waals surface area contributed by atoms with Crippen molar-refractivity contribution in [2.75, 3.05) is 13.1 Å². The van der Waals surface area contributed by atoms with Gasteiger partial charge in [-0.3, -0.25) is 4.79 Å². The molecule has 0 unspecified atom stereocenters. The quantitative estimate of drug-likeness (QED) is 0.0447. The van der Waals surface area contributed by atoms with Crippen LogP contribution in [0.25, 0.3) is 0 Å². The van der Waals surface area contributed by atoms with E-state index in [0.29, 0.717) is 5.91 Å². The molecule has 0 aromatic carbocycles. The molecule has 0 bridgehead atoms. The van der Waals surface area contributed by atoms with Gasteiger partial charge in [0, 0.05) is 19.5 Å². The molecule has 0 aromatic heterocycles. The van der Waals surface area contributed by atoms with Gasteiger partial charge in [0.2, 0.25) is 5.91 Å². The molecular weight excluding hydrogens is 655 g/mol. The molecule has 1 amide bonds. The Morgan fingerprint density at radius 3 is 0.796 bits per heavy atom. The number of hydrogen-bond acceptors (Lipinski definition) is 1. The number of rotatable bonds is 46. The van der Waals surface area contributed by atoms with Crippen molar-refractivity contribution in [3.63, 3.8) is 0 Å². The molecule has 0 aliphatic heterocycles. The molecule has 0 aromatic rings. The summed E-state index contributed by atoms with van der Waals surface area (Å²) in [7, 11) is 0. The van der Waals surface area contributed by atoms with Crippen molar-refractivity contribution in [2.45, 2.75) is 290 Å². The van der Waals surface area contributed by atoms with Crippen LogP contribution in [0.2, 0.25) is 0 Å². The van der Waals surface area contributed by atoms with Crippen molar-refractivity contribution in [2.24, 2.45) is 0 Å². The van der Waals surface area contributed by atoms with Crippen molar-refractivity contribution in [3.05, 3.63) is 24.3 Å². The summed E-state index contributed by atoms with van der Waals surface area (Å²) in [5.74, 6) is 0.443. The average Bonchev–Trinajstić information content (AvgIpc) is 3.18. The number of amides is 1. The second-order valence-electron chi connectivity index (χ2n) is 17.2. The number of nitrogens with zero attached hydrogens (tertiary/aromatic N) is 1. The van der Waals surface area contributed by atoms with Crippen molar-refractivity contribution in [3.8, 4) is 0 Å². The standard InChI is InChI=1S/C52H101NO/c1-4-7-10-13-16-19-22-25-27-29-32-35-38-41-44-47-50-53(52(54)49-46-43-40-37-34-31-24-21-18-15-12-9-6-3)51-48-45-42-39-36-33-30-28-26-23-20-17-14-11-8-5-2/h25-28H,4-24,29-51H2,1-3H3/b27-25-,28-26-. The smallest absolute Gasteiger partial charge is 0.222 e. The molecule has 0 aliphatic carbocycles. The van der Waals surface area contributed by atoms with E-state index in [9.17, 15) is 4.79 Å². The van der Waals surface area contributed by atoms with Gasteiger partial charge in [0.05, 0.1) is 0 Å². The van der Waals surface area contributed by atoms with Gasteiger partial charge < -0.3 is 4.90 Å². The normalized spacial score (nSPS) is 11.8. The maximum Gasteiger partial charge on any atom is 0.222 e. The summed E-state index contributed by atoms with van der Waals surface area (Å²) in [6, 6.07) is 0. The molecule has 2 heteroatoms. The first-order chi connectivity index (χ1) is 26.8. The van der Waals surface area contributed by atoms with Crippen LogP contribution in [0.3, 0.4) is 0 Å². The van der Waals surface area contributed by atoms with E-state index >= 15 is 0 Å². The Labute approximate surface area is 342 Å². The molecule has 0 atom stereocenters. The van der Waals surface area contributed by atoms with Crippen LogP contribution in [0.4, 0.5) is 0 Å². The minimum absolute atomic E-state index is 0.443. The van der Waals surface area contributed by atoms with E-state index < -0.39 is 0 Å². The van der Waals surface area contributed by atoms with E-state index in [4.69, 9.17) is 0 Å². The Morgan fingerprint density at radius 2 is 0.519 bits per heavy atom. The zero-order valence-electron chi connectivity index (χ0n) is 37.8. The third-order valence-electron chi connectivity index (χ3n) is 11.7. The largest absolute Gasteiger partial charge is 0.343 e. The van der Waals surface area contributed by atoms with Gasteiger partial charge in [-0.2, -0.15) is 0 Å². The zero-order chi connectivity index (χ0) is 39.1. The van der Waals surface area contributed by atoms with Gasteiger partial charge in [-0.25, -0.2) is 0 Å². The Hall–Kier alpha value is -1.05. The van der Waals surface area contributed by atoms with Crippen LogP contribution in [0.5, 0.6) is 0 Å². The number of carbonyl (C=O) groups is 1. The van der Waals surface area contributed by atoms with Gasteiger partial charge in [-0.05, 0) is 70.6 Å². The summed E-state index contributed by atoms with van der Waals surface area (Å²) in [4.78, 5) is 15.6. The third-order valence-corrected chi connectivity index (χ3v) is 11.7. The van der Waals surface area contributed by atoms with Gasteiger partial charge in [-0.15, -0.1) is 0 Å². The molecular formula is C52H101NO. The molecule has 0 saturated heterocycles. The van der Waals surface area contributed by atoms with Gasteiger partial charge in [-0.1, -0.05) is 238 Å². The molecule has 0 fully saturated rings. The van der Waals surface area contributed by atoms with Gasteiger partial charge in [0.15, 0.2) is 0 Å². The van der Waals surface area contributed by atoms with E-state index in [1.807, 2.05) is 0 Å². The Morgan fingerprint density at radius 1 is 0.296 bits per heavy atom. The predicted molar refractivity (Wildman–Crippen MR) is 246 cm³/mol. The van der Waals surface area contributed by atoms with Crippen LogP contribution in [0.15, 0.2) is 24.3 Å². The third kappa shape index (κ3) is 43.7. The lowest BCUT2D eigenvalue weighted by atomic mass is 10.0. The maximum absolute atomic E-state index is 13.3. The number of unbranched alkanes of at least 4 members (excludes halogenated alkanes) is 36. The molecule has 0 aliphatic rings. The molecule has 0 spiro atoms.